The van der Waals surface area contributed by atoms with Crippen molar-refractivity contribution in [1.82, 2.24) is 14.7 Å². The second kappa shape index (κ2) is 9.05. The summed E-state index contributed by atoms with van der Waals surface area (Å²) < 4.78 is 13.1. The van der Waals surface area contributed by atoms with Gasteiger partial charge in [-0.1, -0.05) is 29.8 Å². The molecule has 30 heavy (non-hydrogen) atoms. The number of aromatic nitrogens is 2. The molecule has 7 heteroatoms. The van der Waals surface area contributed by atoms with Gasteiger partial charge in [-0.2, -0.15) is 5.10 Å². The minimum atomic E-state index is -0.120. The van der Waals surface area contributed by atoms with Crippen LogP contribution in [0.15, 0.2) is 60.9 Å². The Balaban J connectivity index is 1.41. The molecule has 0 aliphatic carbocycles. The van der Waals surface area contributed by atoms with Gasteiger partial charge in [0.05, 0.1) is 30.1 Å². The topological polar surface area (TPSA) is 56.6 Å². The molecule has 4 rings (SSSR count). The fraction of sp³-hybridized carbons (Fsp3) is 0.217. The van der Waals surface area contributed by atoms with Gasteiger partial charge in [0.1, 0.15) is 0 Å². The molecule has 0 spiro atoms. The summed E-state index contributed by atoms with van der Waals surface area (Å²) >= 11 is 6.31. The molecule has 2 heterocycles. The molecule has 3 aromatic rings. The van der Waals surface area contributed by atoms with E-state index in [0.717, 1.165) is 23.2 Å². The van der Waals surface area contributed by atoms with Crippen molar-refractivity contribution in [3.8, 4) is 17.2 Å². The lowest BCUT2D eigenvalue weighted by Gasteiger charge is -2.14. The predicted molar refractivity (Wildman–Crippen MR) is 116 cm³/mol. The van der Waals surface area contributed by atoms with Crippen molar-refractivity contribution in [3.05, 3.63) is 77.1 Å². The van der Waals surface area contributed by atoms with Crippen LogP contribution < -0.4 is 9.47 Å². The number of halogens is 1. The average molecular weight is 424 g/mol. The van der Waals surface area contributed by atoms with Crippen LogP contribution in [0.1, 0.15) is 17.5 Å². The highest BCUT2D eigenvalue weighted by Gasteiger charge is 2.15. The van der Waals surface area contributed by atoms with E-state index < -0.39 is 0 Å². The minimum Gasteiger partial charge on any atom is -0.489 e. The molecular weight excluding hydrogens is 402 g/mol. The van der Waals surface area contributed by atoms with Gasteiger partial charge in [0.15, 0.2) is 11.5 Å². The Kier molecular flexibility index (Phi) is 6.05. The molecule has 6 nitrogen and oxygen atoms in total. The number of rotatable bonds is 5. The first-order valence-corrected chi connectivity index (χ1v) is 10.1. The van der Waals surface area contributed by atoms with Crippen LogP contribution in [0.3, 0.4) is 0 Å². The lowest BCUT2D eigenvalue weighted by molar-refractivity contribution is -0.125. The third-order valence-corrected chi connectivity index (χ3v) is 4.98. The zero-order valence-electron chi connectivity index (χ0n) is 16.6. The number of benzene rings is 2. The maximum Gasteiger partial charge on any atom is 0.246 e. The molecule has 0 N–H and O–H groups in total. The Labute approximate surface area is 180 Å². The SMILES string of the molecule is CN(Cc1cnn(-c2ccccc2)c1)C(=O)/C=C/c1cc(Cl)c2c(c1)OCCCO2. The Hall–Kier alpha value is -3.25. The number of carbonyl (C=O) groups excluding carboxylic acids is 1. The number of ether oxygens (including phenoxy) is 2. The van der Waals surface area contributed by atoms with Crippen molar-refractivity contribution < 1.29 is 14.3 Å². The van der Waals surface area contributed by atoms with E-state index in [2.05, 4.69) is 5.10 Å². The summed E-state index contributed by atoms with van der Waals surface area (Å²) in [5.74, 6) is 1.05. The second-order valence-corrected chi connectivity index (χ2v) is 7.44. The first-order valence-electron chi connectivity index (χ1n) is 9.71. The molecule has 0 bridgehead atoms. The standard InChI is InChI=1S/C23H22ClN3O3/c1-26(15-18-14-25-27(16-18)19-6-3-2-4-7-19)22(28)9-8-17-12-20(24)23-21(13-17)29-10-5-11-30-23/h2-4,6-9,12-14,16H,5,10-11,15H2,1H3/b9-8+. The summed E-state index contributed by atoms with van der Waals surface area (Å²) in [4.78, 5) is 14.2. The van der Waals surface area contributed by atoms with Gasteiger partial charge in [-0.05, 0) is 35.9 Å². The molecule has 0 atom stereocenters. The van der Waals surface area contributed by atoms with Crippen LogP contribution in [0.5, 0.6) is 11.5 Å². The third kappa shape index (κ3) is 4.66. The number of nitrogens with zero attached hydrogens (tertiary/aromatic N) is 3. The Morgan fingerprint density at radius 1 is 1.23 bits per heavy atom. The molecule has 1 aliphatic rings. The van der Waals surface area contributed by atoms with Crippen molar-refractivity contribution in [2.75, 3.05) is 20.3 Å². The van der Waals surface area contributed by atoms with Crippen LogP contribution in [-0.4, -0.2) is 40.8 Å². The van der Waals surface area contributed by atoms with Crippen molar-refractivity contribution in [2.45, 2.75) is 13.0 Å². The fourth-order valence-corrected chi connectivity index (χ4v) is 3.43. The van der Waals surface area contributed by atoms with E-state index >= 15 is 0 Å². The fourth-order valence-electron chi connectivity index (χ4n) is 3.16. The van der Waals surface area contributed by atoms with Gasteiger partial charge in [0, 0.05) is 37.8 Å². The van der Waals surface area contributed by atoms with E-state index in [1.54, 1.807) is 35.0 Å². The lowest BCUT2D eigenvalue weighted by atomic mass is 10.2. The number of hydrogen-bond donors (Lipinski definition) is 0. The van der Waals surface area contributed by atoms with Crippen molar-refractivity contribution >= 4 is 23.6 Å². The summed E-state index contributed by atoms with van der Waals surface area (Å²) in [5, 5.41) is 4.85. The van der Waals surface area contributed by atoms with Gasteiger partial charge in [0.25, 0.3) is 0 Å². The third-order valence-electron chi connectivity index (χ3n) is 4.70. The molecule has 0 saturated heterocycles. The first-order chi connectivity index (χ1) is 14.6. The summed E-state index contributed by atoms with van der Waals surface area (Å²) in [6.45, 7) is 1.61. The molecule has 2 aromatic carbocycles. The van der Waals surface area contributed by atoms with E-state index in [-0.39, 0.29) is 5.91 Å². The second-order valence-electron chi connectivity index (χ2n) is 7.04. The molecular formula is C23H22ClN3O3. The summed E-state index contributed by atoms with van der Waals surface area (Å²) in [6, 6.07) is 13.4. The van der Waals surface area contributed by atoms with Gasteiger partial charge in [0.2, 0.25) is 5.91 Å². The predicted octanol–water partition coefficient (Wildman–Crippen LogP) is 4.36. The molecule has 154 valence electrons. The number of carbonyl (C=O) groups is 1. The smallest absolute Gasteiger partial charge is 0.246 e. The van der Waals surface area contributed by atoms with E-state index in [1.807, 2.05) is 42.6 Å². The molecule has 1 amide bonds. The quantitative estimate of drug-likeness (QED) is 0.572. The van der Waals surface area contributed by atoms with Crippen molar-refractivity contribution in [2.24, 2.45) is 0 Å². The molecule has 0 unspecified atom stereocenters. The van der Waals surface area contributed by atoms with E-state index in [4.69, 9.17) is 21.1 Å². The zero-order valence-corrected chi connectivity index (χ0v) is 17.4. The highest BCUT2D eigenvalue weighted by atomic mass is 35.5. The number of fused-ring (bicyclic) bond motifs is 1. The van der Waals surface area contributed by atoms with Crippen molar-refractivity contribution in [1.29, 1.82) is 0 Å². The Morgan fingerprint density at radius 3 is 2.87 bits per heavy atom. The summed E-state index contributed by atoms with van der Waals surface area (Å²) in [7, 11) is 1.76. The zero-order chi connectivity index (χ0) is 20.9. The molecule has 1 aromatic heterocycles. The Morgan fingerprint density at radius 2 is 2.03 bits per heavy atom. The maximum atomic E-state index is 12.5. The van der Waals surface area contributed by atoms with Gasteiger partial charge >= 0.3 is 0 Å². The Bertz CT molecular complexity index is 1060. The normalized spacial score (nSPS) is 13.3. The monoisotopic (exact) mass is 423 g/mol. The maximum absolute atomic E-state index is 12.5. The van der Waals surface area contributed by atoms with Crippen LogP contribution in [-0.2, 0) is 11.3 Å². The number of hydrogen-bond acceptors (Lipinski definition) is 4. The summed E-state index contributed by atoms with van der Waals surface area (Å²) in [6.07, 6.45) is 7.75. The van der Waals surface area contributed by atoms with Crippen LogP contribution in [0.4, 0.5) is 0 Å². The molecule has 0 fully saturated rings. The average Bonchev–Trinajstić information content (AvgIpc) is 3.08. The van der Waals surface area contributed by atoms with E-state index in [1.165, 1.54) is 6.08 Å². The van der Waals surface area contributed by atoms with Crippen LogP contribution >= 0.6 is 11.6 Å². The lowest BCUT2D eigenvalue weighted by Crippen LogP contribution is -2.23. The number of amides is 1. The van der Waals surface area contributed by atoms with E-state index in [9.17, 15) is 4.79 Å². The van der Waals surface area contributed by atoms with Crippen LogP contribution in [0.2, 0.25) is 5.02 Å². The minimum absolute atomic E-state index is 0.120. The number of likely N-dealkylation sites (N-methyl/N-ethyl adjacent to an activating group) is 1. The van der Waals surface area contributed by atoms with Gasteiger partial charge < -0.3 is 14.4 Å². The largest absolute Gasteiger partial charge is 0.489 e. The number of para-hydroxylation sites is 1. The molecule has 0 saturated carbocycles. The van der Waals surface area contributed by atoms with Gasteiger partial charge in [-0.3, -0.25) is 4.79 Å². The highest BCUT2D eigenvalue weighted by Crippen LogP contribution is 2.38. The highest BCUT2D eigenvalue weighted by molar-refractivity contribution is 6.32. The molecule has 0 radical (unpaired) electrons. The van der Waals surface area contributed by atoms with Gasteiger partial charge in [-0.15, -0.1) is 0 Å². The first kappa shape index (κ1) is 20.0. The molecule has 1 aliphatic heterocycles. The van der Waals surface area contributed by atoms with Gasteiger partial charge in [-0.25, -0.2) is 4.68 Å². The summed E-state index contributed by atoms with van der Waals surface area (Å²) in [5.41, 5.74) is 2.70. The van der Waals surface area contributed by atoms with Crippen LogP contribution in [0.25, 0.3) is 11.8 Å². The van der Waals surface area contributed by atoms with Crippen molar-refractivity contribution in [3.63, 3.8) is 0 Å². The van der Waals surface area contributed by atoms with Crippen LogP contribution in [0, 0.1) is 0 Å². The van der Waals surface area contributed by atoms with E-state index in [0.29, 0.717) is 36.3 Å².